The zero-order valence-electron chi connectivity index (χ0n) is 15.2. The fourth-order valence-electron chi connectivity index (χ4n) is 4.09. The Morgan fingerprint density at radius 3 is 2.59 bits per heavy atom. The summed E-state index contributed by atoms with van der Waals surface area (Å²) in [5, 5.41) is 6.87. The normalized spacial score (nSPS) is 16.2. The second-order valence-electron chi connectivity index (χ2n) is 7.41. The van der Waals surface area contributed by atoms with E-state index in [0.29, 0.717) is 6.42 Å². The molecule has 27 heavy (non-hydrogen) atoms. The van der Waals surface area contributed by atoms with Crippen LogP contribution in [-0.2, 0) is 24.4 Å². The molecular weight excluding hydrogens is 336 g/mol. The van der Waals surface area contributed by atoms with Crippen LogP contribution in [0.3, 0.4) is 0 Å². The zero-order valence-corrected chi connectivity index (χ0v) is 15.2. The van der Waals surface area contributed by atoms with Crippen molar-refractivity contribution in [2.75, 3.05) is 11.4 Å². The fraction of sp³-hybridized carbons (Fsp3) is 0.273. The molecule has 5 nitrogen and oxygen atoms in total. The van der Waals surface area contributed by atoms with Crippen LogP contribution in [0.1, 0.15) is 29.5 Å². The Hall–Kier alpha value is -3.08. The number of amides is 1. The molecule has 5 rings (SSSR count). The third-order valence-electron chi connectivity index (χ3n) is 5.60. The number of carbonyl (C=O) groups is 1. The third-order valence-corrected chi connectivity index (χ3v) is 5.60. The Labute approximate surface area is 158 Å². The van der Waals surface area contributed by atoms with Gasteiger partial charge in [0.2, 0.25) is 5.91 Å². The van der Waals surface area contributed by atoms with Crippen LogP contribution in [-0.4, -0.2) is 27.5 Å². The van der Waals surface area contributed by atoms with Crippen molar-refractivity contribution in [2.45, 2.75) is 32.5 Å². The first-order valence-electron chi connectivity index (χ1n) is 9.49. The highest BCUT2D eigenvalue weighted by atomic mass is 16.2. The first-order valence-corrected chi connectivity index (χ1v) is 9.49. The van der Waals surface area contributed by atoms with Gasteiger partial charge in [0.1, 0.15) is 0 Å². The van der Waals surface area contributed by atoms with Gasteiger partial charge >= 0.3 is 0 Å². The van der Waals surface area contributed by atoms with Crippen LogP contribution in [0.5, 0.6) is 0 Å². The van der Waals surface area contributed by atoms with Crippen LogP contribution in [0.4, 0.5) is 5.69 Å². The lowest BCUT2D eigenvalue weighted by Gasteiger charge is -2.18. The van der Waals surface area contributed by atoms with Crippen molar-refractivity contribution in [3.63, 3.8) is 0 Å². The molecule has 3 aromatic rings. The topological polar surface area (TPSA) is 52.2 Å². The number of hydrogen-bond donors (Lipinski definition) is 1. The van der Waals surface area contributed by atoms with E-state index in [2.05, 4.69) is 57.6 Å². The van der Waals surface area contributed by atoms with E-state index in [-0.39, 0.29) is 5.91 Å². The summed E-state index contributed by atoms with van der Waals surface area (Å²) >= 11 is 0. The maximum atomic E-state index is 11.9. The smallest absolute Gasteiger partial charge is 0.222 e. The molecule has 136 valence electrons. The van der Waals surface area contributed by atoms with Crippen molar-refractivity contribution in [1.29, 1.82) is 0 Å². The Morgan fingerprint density at radius 1 is 1.00 bits per heavy atom. The molecule has 1 saturated heterocycles. The van der Waals surface area contributed by atoms with Crippen molar-refractivity contribution in [2.24, 2.45) is 0 Å². The molecule has 0 aliphatic carbocycles. The van der Waals surface area contributed by atoms with Gasteiger partial charge in [-0.15, -0.1) is 0 Å². The lowest BCUT2D eigenvalue weighted by Crippen LogP contribution is -2.23. The summed E-state index contributed by atoms with van der Waals surface area (Å²) in [6.07, 6.45) is 5.45. The van der Waals surface area contributed by atoms with Gasteiger partial charge in [-0.2, -0.15) is 5.10 Å². The number of aromatic amines is 1. The van der Waals surface area contributed by atoms with Gasteiger partial charge < -0.3 is 9.80 Å². The van der Waals surface area contributed by atoms with Crippen LogP contribution in [0, 0.1) is 0 Å². The number of rotatable bonds is 4. The number of nitrogens with zero attached hydrogens (tertiary/aromatic N) is 3. The SMILES string of the molecule is O=C1CCCN1Cc1ccc2c(c1)CN(c1ccc(-c3cn[nH]c3)cc1)C2. The predicted octanol–water partition coefficient (Wildman–Crippen LogP) is 3.72. The molecule has 3 heterocycles. The van der Waals surface area contributed by atoms with E-state index in [9.17, 15) is 4.79 Å². The lowest BCUT2D eigenvalue weighted by atomic mass is 10.1. The second-order valence-corrected chi connectivity index (χ2v) is 7.41. The molecule has 2 aliphatic heterocycles. The molecular formula is C22H22N4O. The number of benzene rings is 2. The highest BCUT2D eigenvalue weighted by Crippen LogP contribution is 2.31. The van der Waals surface area contributed by atoms with Crippen LogP contribution in [0.2, 0.25) is 0 Å². The second kappa shape index (κ2) is 6.58. The molecule has 0 saturated carbocycles. The fourth-order valence-corrected chi connectivity index (χ4v) is 4.09. The van der Waals surface area contributed by atoms with Crippen LogP contribution in [0.25, 0.3) is 11.1 Å². The minimum atomic E-state index is 0.287. The highest BCUT2D eigenvalue weighted by Gasteiger charge is 2.22. The van der Waals surface area contributed by atoms with Crippen molar-refractivity contribution in [1.82, 2.24) is 15.1 Å². The highest BCUT2D eigenvalue weighted by molar-refractivity contribution is 5.78. The number of H-pyrrole nitrogens is 1. The van der Waals surface area contributed by atoms with Gasteiger partial charge in [0.25, 0.3) is 0 Å². The van der Waals surface area contributed by atoms with Crippen LogP contribution < -0.4 is 4.90 Å². The maximum Gasteiger partial charge on any atom is 0.222 e. The lowest BCUT2D eigenvalue weighted by molar-refractivity contribution is -0.128. The van der Waals surface area contributed by atoms with E-state index >= 15 is 0 Å². The van der Waals surface area contributed by atoms with E-state index in [0.717, 1.165) is 38.2 Å². The molecule has 2 aliphatic rings. The molecule has 2 aromatic carbocycles. The summed E-state index contributed by atoms with van der Waals surface area (Å²) < 4.78 is 0. The maximum absolute atomic E-state index is 11.9. The van der Waals surface area contributed by atoms with Gasteiger partial charge in [0.15, 0.2) is 0 Å². The van der Waals surface area contributed by atoms with Crippen LogP contribution >= 0.6 is 0 Å². The molecule has 0 unspecified atom stereocenters. The summed E-state index contributed by atoms with van der Waals surface area (Å²) in [6.45, 7) is 3.49. The van der Waals surface area contributed by atoms with Crippen molar-refractivity contribution in [3.05, 3.63) is 71.5 Å². The molecule has 0 radical (unpaired) electrons. The number of carbonyl (C=O) groups excluding carboxylic acids is 1. The third kappa shape index (κ3) is 3.10. The van der Waals surface area contributed by atoms with Crippen molar-refractivity contribution >= 4 is 11.6 Å². The Balaban J connectivity index is 1.31. The number of likely N-dealkylation sites (tertiary alicyclic amines) is 1. The summed E-state index contributed by atoms with van der Waals surface area (Å²) in [4.78, 5) is 16.2. The summed E-state index contributed by atoms with van der Waals surface area (Å²) in [7, 11) is 0. The van der Waals surface area contributed by atoms with Gasteiger partial charge in [-0.3, -0.25) is 9.89 Å². The van der Waals surface area contributed by atoms with Gasteiger partial charge in [-0.1, -0.05) is 30.3 Å². The van der Waals surface area contributed by atoms with E-state index in [1.54, 1.807) is 0 Å². The first-order chi connectivity index (χ1) is 13.3. The summed E-state index contributed by atoms with van der Waals surface area (Å²) in [5.41, 5.74) is 7.49. The van der Waals surface area contributed by atoms with Crippen LogP contribution in [0.15, 0.2) is 54.9 Å². The number of aromatic nitrogens is 2. The number of anilines is 1. The minimum absolute atomic E-state index is 0.287. The number of fused-ring (bicyclic) bond motifs is 1. The first kappa shape index (κ1) is 16.1. The molecule has 1 aromatic heterocycles. The van der Waals surface area contributed by atoms with Gasteiger partial charge in [-0.25, -0.2) is 0 Å². The summed E-state index contributed by atoms with van der Waals surface area (Å²) in [6, 6.07) is 15.3. The molecule has 0 bridgehead atoms. The monoisotopic (exact) mass is 358 g/mol. The van der Waals surface area contributed by atoms with Gasteiger partial charge in [-0.05, 0) is 40.8 Å². The average Bonchev–Trinajstić information content (AvgIpc) is 3.43. The standard InChI is InChI=1S/C22H22N4O/c27-22-2-1-9-25(22)13-16-3-4-18-14-26(15-19(18)10-16)21-7-5-17(6-8-21)20-11-23-24-12-20/h3-8,10-12H,1-2,9,13-15H2,(H,23,24). The van der Waals surface area contributed by atoms with Gasteiger partial charge in [0.05, 0.1) is 6.20 Å². The summed E-state index contributed by atoms with van der Waals surface area (Å²) in [5.74, 6) is 0.287. The Kier molecular flexibility index (Phi) is 3.93. The molecule has 5 heteroatoms. The largest absolute Gasteiger partial charge is 0.363 e. The zero-order chi connectivity index (χ0) is 18.2. The molecule has 1 amide bonds. The van der Waals surface area contributed by atoms with Gasteiger partial charge in [0, 0.05) is 50.0 Å². The predicted molar refractivity (Wildman–Crippen MR) is 105 cm³/mol. The number of nitrogens with one attached hydrogen (secondary N) is 1. The average molecular weight is 358 g/mol. The molecule has 1 N–H and O–H groups in total. The van der Waals surface area contributed by atoms with Crippen molar-refractivity contribution < 1.29 is 4.79 Å². The molecule has 0 atom stereocenters. The van der Waals surface area contributed by atoms with E-state index in [1.165, 1.54) is 27.9 Å². The Bertz CT molecular complexity index is 962. The quantitative estimate of drug-likeness (QED) is 0.773. The number of hydrogen-bond acceptors (Lipinski definition) is 3. The van der Waals surface area contributed by atoms with E-state index in [1.807, 2.05) is 17.3 Å². The van der Waals surface area contributed by atoms with E-state index < -0.39 is 0 Å². The van der Waals surface area contributed by atoms with E-state index in [4.69, 9.17) is 0 Å². The minimum Gasteiger partial charge on any atom is -0.363 e. The Morgan fingerprint density at radius 2 is 1.85 bits per heavy atom. The molecule has 0 spiro atoms. The molecule has 1 fully saturated rings. The van der Waals surface area contributed by atoms with Crippen molar-refractivity contribution in [3.8, 4) is 11.1 Å².